The molecule has 9 heteroatoms. The fourth-order valence-electron chi connectivity index (χ4n) is 3.84. The Bertz CT molecular complexity index is 1190. The summed E-state index contributed by atoms with van der Waals surface area (Å²) in [5, 5.41) is 7.10. The number of benzene rings is 1. The highest BCUT2D eigenvalue weighted by Gasteiger charge is 2.16. The van der Waals surface area contributed by atoms with E-state index < -0.39 is 0 Å². The topological polar surface area (TPSA) is 92.2 Å². The molecule has 0 bridgehead atoms. The Morgan fingerprint density at radius 2 is 1.97 bits per heavy atom. The van der Waals surface area contributed by atoms with E-state index in [-0.39, 0.29) is 17.9 Å². The zero-order valence-electron chi connectivity index (χ0n) is 17.6. The number of carbonyl (C=O) groups is 1. The number of halogens is 1. The van der Waals surface area contributed by atoms with Crippen LogP contribution in [0.2, 0.25) is 5.02 Å². The van der Waals surface area contributed by atoms with Crippen LogP contribution in [-0.2, 0) is 18.3 Å². The predicted octanol–water partition coefficient (Wildman–Crippen LogP) is 3.00. The van der Waals surface area contributed by atoms with Crippen LogP contribution >= 0.6 is 11.6 Å². The number of carbonyl (C=O) groups excluding carboxylic acids is 1. The highest BCUT2D eigenvalue weighted by atomic mass is 35.5. The van der Waals surface area contributed by atoms with E-state index >= 15 is 0 Å². The Morgan fingerprint density at radius 1 is 1.19 bits per heavy atom. The number of hydrogen-bond acceptors (Lipinski definition) is 6. The van der Waals surface area contributed by atoms with E-state index in [1.165, 1.54) is 6.42 Å². The van der Waals surface area contributed by atoms with Crippen molar-refractivity contribution < 1.29 is 4.79 Å². The Labute approximate surface area is 185 Å². The van der Waals surface area contributed by atoms with Gasteiger partial charge >= 0.3 is 0 Å². The number of amides is 1. The number of pyridine rings is 1. The fourth-order valence-corrected chi connectivity index (χ4v) is 3.98. The molecule has 1 saturated heterocycles. The molecule has 0 saturated carbocycles. The first-order valence-electron chi connectivity index (χ1n) is 10.3. The summed E-state index contributed by atoms with van der Waals surface area (Å²) in [6.07, 6.45) is 5.16. The van der Waals surface area contributed by atoms with Gasteiger partial charge in [0.1, 0.15) is 5.02 Å². The molecule has 4 rings (SSSR count). The van der Waals surface area contributed by atoms with Crippen molar-refractivity contribution in [1.82, 2.24) is 19.9 Å². The van der Waals surface area contributed by atoms with E-state index in [1.807, 2.05) is 18.2 Å². The molecule has 8 nitrogen and oxygen atoms in total. The van der Waals surface area contributed by atoms with Gasteiger partial charge in [-0.05, 0) is 43.5 Å². The molecule has 1 aliphatic rings. The molecule has 162 valence electrons. The largest absolute Gasteiger partial charge is 0.359 e. The second kappa shape index (κ2) is 8.93. The third kappa shape index (κ3) is 4.49. The van der Waals surface area contributed by atoms with Gasteiger partial charge in [-0.1, -0.05) is 11.6 Å². The molecule has 0 aliphatic carbocycles. The average Bonchev–Trinajstić information content (AvgIpc) is 2.79. The zero-order valence-corrected chi connectivity index (χ0v) is 18.4. The lowest BCUT2D eigenvalue weighted by Gasteiger charge is -2.26. The molecule has 1 aromatic carbocycles. The van der Waals surface area contributed by atoms with E-state index in [2.05, 4.69) is 25.5 Å². The van der Waals surface area contributed by atoms with Crippen LogP contribution in [0.5, 0.6) is 0 Å². The van der Waals surface area contributed by atoms with Crippen LogP contribution in [0.4, 0.5) is 17.5 Å². The summed E-state index contributed by atoms with van der Waals surface area (Å²) >= 11 is 6.35. The van der Waals surface area contributed by atoms with E-state index in [0.717, 1.165) is 42.5 Å². The van der Waals surface area contributed by atoms with Gasteiger partial charge in [-0.25, -0.2) is 4.98 Å². The summed E-state index contributed by atoms with van der Waals surface area (Å²) in [7, 11) is 3.26. The van der Waals surface area contributed by atoms with Crippen molar-refractivity contribution in [2.75, 3.05) is 30.4 Å². The molecule has 31 heavy (non-hydrogen) atoms. The number of nitrogens with one attached hydrogen (secondary N) is 2. The lowest BCUT2D eigenvalue weighted by Crippen LogP contribution is -2.31. The van der Waals surface area contributed by atoms with Crippen molar-refractivity contribution in [3.05, 3.63) is 51.4 Å². The minimum absolute atomic E-state index is 0.0354. The van der Waals surface area contributed by atoms with Crippen molar-refractivity contribution in [2.45, 2.75) is 25.7 Å². The van der Waals surface area contributed by atoms with Gasteiger partial charge in [-0.3, -0.25) is 9.59 Å². The number of aromatic nitrogens is 3. The van der Waals surface area contributed by atoms with Gasteiger partial charge in [-0.2, -0.15) is 4.98 Å². The maximum atomic E-state index is 12.6. The smallest absolute Gasteiger partial charge is 0.254 e. The Morgan fingerprint density at radius 3 is 2.71 bits per heavy atom. The number of nitrogens with zero attached hydrogens (tertiary/aromatic N) is 4. The van der Waals surface area contributed by atoms with Crippen molar-refractivity contribution in [3.8, 4) is 0 Å². The van der Waals surface area contributed by atoms with Crippen molar-refractivity contribution in [3.63, 3.8) is 0 Å². The maximum absolute atomic E-state index is 12.6. The third-order valence-corrected chi connectivity index (χ3v) is 5.84. The summed E-state index contributed by atoms with van der Waals surface area (Å²) in [5.41, 5.74) is 1.82. The minimum atomic E-state index is -0.205. The standard InChI is InChI=1S/C22H25ClN6O2/c1-24-19(30)12-15-10-14-11-16(6-7-18(14)28(2)21(15)31)26-20-17(23)13-25-22(27-20)29-8-4-3-5-9-29/h6-7,10-11,13H,3-5,8-9,12H2,1-2H3,(H,24,30)(H,25,26,27). The molecule has 0 radical (unpaired) electrons. The molecule has 1 aliphatic heterocycles. The van der Waals surface area contributed by atoms with E-state index in [1.54, 1.807) is 30.9 Å². The first-order valence-corrected chi connectivity index (χ1v) is 10.7. The molecule has 2 N–H and O–H groups in total. The average molecular weight is 441 g/mol. The number of rotatable bonds is 5. The van der Waals surface area contributed by atoms with E-state index in [9.17, 15) is 9.59 Å². The van der Waals surface area contributed by atoms with Gasteiger partial charge in [-0.15, -0.1) is 0 Å². The van der Waals surface area contributed by atoms with Crippen LogP contribution in [0.15, 0.2) is 35.3 Å². The summed E-state index contributed by atoms with van der Waals surface area (Å²) in [6, 6.07) is 7.42. The Hall–Kier alpha value is -3.13. The molecule has 1 fully saturated rings. The highest BCUT2D eigenvalue weighted by molar-refractivity contribution is 6.32. The molecule has 0 unspecified atom stereocenters. The highest BCUT2D eigenvalue weighted by Crippen LogP contribution is 2.27. The third-order valence-electron chi connectivity index (χ3n) is 5.56. The van der Waals surface area contributed by atoms with Crippen LogP contribution in [0.25, 0.3) is 10.9 Å². The Kier molecular flexibility index (Phi) is 6.08. The predicted molar refractivity (Wildman–Crippen MR) is 123 cm³/mol. The van der Waals surface area contributed by atoms with E-state index in [4.69, 9.17) is 11.6 Å². The summed E-state index contributed by atoms with van der Waals surface area (Å²) in [5.74, 6) is 0.999. The van der Waals surface area contributed by atoms with Gasteiger partial charge in [0, 0.05) is 43.8 Å². The SMILES string of the molecule is CNC(=O)Cc1cc2cc(Nc3nc(N4CCCCC4)ncc3Cl)ccc2n(C)c1=O. The normalized spacial score (nSPS) is 14.0. The molecule has 3 aromatic rings. The maximum Gasteiger partial charge on any atom is 0.254 e. The van der Waals surface area contributed by atoms with E-state index in [0.29, 0.717) is 22.4 Å². The quantitative estimate of drug-likeness (QED) is 0.633. The summed E-state index contributed by atoms with van der Waals surface area (Å²) < 4.78 is 1.56. The van der Waals surface area contributed by atoms with Crippen molar-refractivity contribution in [1.29, 1.82) is 0 Å². The Balaban J connectivity index is 1.66. The monoisotopic (exact) mass is 440 g/mol. The number of piperidine rings is 1. The number of likely N-dealkylation sites (N-methyl/N-ethyl adjacent to an activating group) is 1. The minimum Gasteiger partial charge on any atom is -0.359 e. The van der Waals surface area contributed by atoms with Crippen molar-refractivity contribution in [2.24, 2.45) is 7.05 Å². The van der Waals surface area contributed by atoms with Gasteiger partial charge in [0.2, 0.25) is 11.9 Å². The lowest BCUT2D eigenvalue weighted by molar-refractivity contribution is -0.119. The number of aryl methyl sites for hydroxylation is 1. The number of hydrogen-bond donors (Lipinski definition) is 2. The van der Waals surface area contributed by atoms with Crippen LogP contribution < -0.4 is 21.1 Å². The molecule has 3 heterocycles. The molecule has 2 aromatic heterocycles. The fraction of sp³-hybridized carbons (Fsp3) is 0.364. The number of anilines is 3. The van der Waals surface area contributed by atoms with Gasteiger partial charge < -0.3 is 20.1 Å². The number of fused-ring (bicyclic) bond motifs is 1. The molecular weight excluding hydrogens is 416 g/mol. The van der Waals surface area contributed by atoms with Gasteiger partial charge in [0.05, 0.1) is 18.1 Å². The first kappa shape index (κ1) is 21.1. The summed E-state index contributed by atoms with van der Waals surface area (Å²) in [4.78, 5) is 35.6. The lowest BCUT2D eigenvalue weighted by atomic mass is 10.1. The van der Waals surface area contributed by atoms with Gasteiger partial charge in [0.15, 0.2) is 5.82 Å². The zero-order chi connectivity index (χ0) is 22.0. The molecule has 0 spiro atoms. The summed E-state index contributed by atoms with van der Waals surface area (Å²) in [6.45, 7) is 1.89. The molecular formula is C22H25ClN6O2. The van der Waals surface area contributed by atoms with Gasteiger partial charge in [0.25, 0.3) is 5.56 Å². The second-order valence-electron chi connectivity index (χ2n) is 7.70. The van der Waals surface area contributed by atoms with Crippen molar-refractivity contribution >= 4 is 45.9 Å². The van der Waals surface area contributed by atoms with Crippen LogP contribution in [0, 0.1) is 0 Å². The van der Waals surface area contributed by atoms with Crippen LogP contribution in [0.1, 0.15) is 24.8 Å². The molecule has 0 atom stereocenters. The van der Waals surface area contributed by atoms with Crippen LogP contribution in [-0.4, -0.2) is 40.6 Å². The second-order valence-corrected chi connectivity index (χ2v) is 8.10. The molecule has 1 amide bonds. The van der Waals surface area contributed by atoms with Crippen LogP contribution in [0.3, 0.4) is 0 Å². The first-order chi connectivity index (χ1) is 15.0.